The molecule has 0 radical (unpaired) electrons. The fraction of sp³-hybridized carbons (Fsp3) is 1.00. The Kier molecular flexibility index (Phi) is 9.87. The van der Waals surface area contributed by atoms with E-state index in [1.54, 1.807) is 0 Å². The molecule has 13 heavy (non-hydrogen) atoms. The monoisotopic (exact) mass is 187 g/mol. The first-order valence-corrected chi connectivity index (χ1v) is 5.47. The van der Waals surface area contributed by atoms with Crippen molar-refractivity contribution < 1.29 is 0 Å². The predicted octanol–water partition coefficient (Wildman–Crippen LogP) is 0.786. The maximum atomic E-state index is 5.46. The van der Waals surface area contributed by atoms with E-state index in [2.05, 4.69) is 11.8 Å². The highest BCUT2D eigenvalue weighted by atomic mass is 15.1. The summed E-state index contributed by atoms with van der Waals surface area (Å²) in [5, 5.41) is 0. The zero-order valence-electron chi connectivity index (χ0n) is 8.97. The van der Waals surface area contributed by atoms with E-state index in [9.17, 15) is 0 Å². The maximum Gasteiger partial charge on any atom is -0.000683 e. The van der Waals surface area contributed by atoms with Gasteiger partial charge in [-0.15, -0.1) is 0 Å². The highest BCUT2D eigenvalue weighted by Gasteiger charge is 1.99. The van der Waals surface area contributed by atoms with Crippen molar-refractivity contribution in [3.8, 4) is 0 Å². The predicted molar refractivity (Wildman–Crippen MR) is 58.7 cm³/mol. The van der Waals surface area contributed by atoms with Crippen LogP contribution in [0.2, 0.25) is 0 Å². The van der Waals surface area contributed by atoms with Gasteiger partial charge in [-0.3, -0.25) is 0 Å². The largest absolute Gasteiger partial charge is 0.330 e. The van der Waals surface area contributed by atoms with E-state index < -0.39 is 0 Å². The van der Waals surface area contributed by atoms with Crippen LogP contribution in [0, 0.1) is 0 Å². The Morgan fingerprint density at radius 3 is 2.00 bits per heavy atom. The highest BCUT2D eigenvalue weighted by Crippen LogP contribution is 1.98. The third-order valence-corrected chi connectivity index (χ3v) is 2.30. The van der Waals surface area contributed by atoms with Gasteiger partial charge in [-0.25, -0.2) is 0 Å². The topological polar surface area (TPSA) is 55.3 Å². The number of hydrogen-bond donors (Lipinski definition) is 2. The molecule has 0 rings (SSSR count). The summed E-state index contributed by atoms with van der Waals surface area (Å²) >= 11 is 0. The van der Waals surface area contributed by atoms with E-state index in [0.717, 1.165) is 39.0 Å². The fourth-order valence-electron chi connectivity index (χ4n) is 1.40. The number of nitrogens with two attached hydrogens (primary N) is 2. The average molecular weight is 187 g/mol. The lowest BCUT2D eigenvalue weighted by Crippen LogP contribution is -2.27. The van der Waals surface area contributed by atoms with E-state index in [4.69, 9.17) is 11.5 Å². The Labute approximate surface area is 82.5 Å². The van der Waals surface area contributed by atoms with Crippen LogP contribution in [-0.2, 0) is 0 Å². The van der Waals surface area contributed by atoms with Gasteiger partial charge in [0.1, 0.15) is 0 Å². The summed E-state index contributed by atoms with van der Waals surface area (Å²) in [7, 11) is 0. The van der Waals surface area contributed by atoms with E-state index >= 15 is 0 Å². The van der Waals surface area contributed by atoms with Gasteiger partial charge in [-0.05, 0) is 52.0 Å². The molecular weight excluding hydrogens is 162 g/mol. The molecule has 0 heterocycles. The number of nitrogens with zero attached hydrogens (tertiary/aromatic N) is 1. The Hall–Kier alpha value is -0.120. The van der Waals surface area contributed by atoms with Gasteiger partial charge in [-0.2, -0.15) is 0 Å². The summed E-state index contributed by atoms with van der Waals surface area (Å²) in [5.41, 5.74) is 10.9. The number of unbranched alkanes of at least 4 members (excludes halogenated alkanes) is 2. The molecule has 0 saturated heterocycles. The van der Waals surface area contributed by atoms with Crippen molar-refractivity contribution in [1.29, 1.82) is 0 Å². The molecule has 0 aromatic heterocycles. The summed E-state index contributed by atoms with van der Waals surface area (Å²) in [6.45, 7) is 7.34. The summed E-state index contributed by atoms with van der Waals surface area (Å²) in [6, 6.07) is 0. The van der Waals surface area contributed by atoms with Gasteiger partial charge in [0.25, 0.3) is 0 Å². The molecule has 0 aliphatic rings. The summed E-state index contributed by atoms with van der Waals surface area (Å²) in [4.78, 5) is 2.46. The molecule has 80 valence electrons. The van der Waals surface area contributed by atoms with E-state index in [-0.39, 0.29) is 0 Å². The quantitative estimate of drug-likeness (QED) is 0.525. The van der Waals surface area contributed by atoms with Crippen molar-refractivity contribution in [2.75, 3.05) is 32.7 Å². The van der Waals surface area contributed by atoms with Crippen LogP contribution in [0.25, 0.3) is 0 Å². The Morgan fingerprint density at radius 1 is 0.846 bits per heavy atom. The fourth-order valence-corrected chi connectivity index (χ4v) is 1.40. The molecular formula is C10H25N3. The highest BCUT2D eigenvalue weighted by molar-refractivity contribution is 4.56. The van der Waals surface area contributed by atoms with Gasteiger partial charge >= 0.3 is 0 Å². The van der Waals surface area contributed by atoms with Crippen molar-refractivity contribution in [3.63, 3.8) is 0 Å². The van der Waals surface area contributed by atoms with Crippen molar-refractivity contribution in [1.82, 2.24) is 4.90 Å². The second-order valence-corrected chi connectivity index (χ2v) is 3.43. The van der Waals surface area contributed by atoms with Gasteiger partial charge < -0.3 is 16.4 Å². The molecule has 0 aliphatic carbocycles. The third-order valence-electron chi connectivity index (χ3n) is 2.30. The first-order valence-electron chi connectivity index (χ1n) is 5.47. The van der Waals surface area contributed by atoms with Crippen molar-refractivity contribution >= 4 is 0 Å². The molecule has 0 spiro atoms. The molecule has 4 N–H and O–H groups in total. The normalized spacial score (nSPS) is 11.1. The van der Waals surface area contributed by atoms with Gasteiger partial charge in [0.05, 0.1) is 0 Å². The van der Waals surface area contributed by atoms with E-state index in [1.807, 2.05) is 0 Å². The molecule has 0 bridgehead atoms. The molecule has 3 nitrogen and oxygen atoms in total. The zero-order chi connectivity index (χ0) is 9.94. The average Bonchev–Trinajstić information content (AvgIpc) is 2.17. The molecule has 0 aromatic carbocycles. The lowest BCUT2D eigenvalue weighted by molar-refractivity contribution is 0.279. The second kappa shape index (κ2) is 9.96. The first-order chi connectivity index (χ1) is 6.35. The molecule has 0 atom stereocenters. The Bertz CT molecular complexity index is 96.2. The third kappa shape index (κ3) is 8.22. The van der Waals surface area contributed by atoms with Gasteiger partial charge in [0.2, 0.25) is 0 Å². The summed E-state index contributed by atoms with van der Waals surface area (Å²) < 4.78 is 0. The van der Waals surface area contributed by atoms with Gasteiger partial charge in [0, 0.05) is 0 Å². The minimum atomic E-state index is 0.805. The van der Waals surface area contributed by atoms with E-state index in [0.29, 0.717) is 0 Å². The van der Waals surface area contributed by atoms with E-state index in [1.165, 1.54) is 19.4 Å². The van der Waals surface area contributed by atoms with Gasteiger partial charge in [0.15, 0.2) is 0 Å². The Balaban J connectivity index is 3.25. The molecule has 0 amide bonds. The van der Waals surface area contributed by atoms with Crippen molar-refractivity contribution in [2.45, 2.75) is 32.6 Å². The number of hydrogen-bond acceptors (Lipinski definition) is 3. The minimum absolute atomic E-state index is 0.805. The van der Waals surface area contributed by atoms with Gasteiger partial charge in [-0.1, -0.05) is 13.3 Å². The molecule has 0 aromatic rings. The zero-order valence-corrected chi connectivity index (χ0v) is 8.97. The second-order valence-electron chi connectivity index (χ2n) is 3.43. The molecule has 0 fully saturated rings. The van der Waals surface area contributed by atoms with Crippen molar-refractivity contribution in [2.24, 2.45) is 11.5 Å². The standard InChI is InChI=1S/C10H25N3/c1-2-13(10-6-8-12)9-5-3-4-7-11/h2-12H2,1H3. The molecule has 0 unspecified atom stereocenters. The number of rotatable bonds is 9. The van der Waals surface area contributed by atoms with Crippen LogP contribution < -0.4 is 11.5 Å². The first kappa shape index (κ1) is 12.9. The summed E-state index contributed by atoms with van der Waals surface area (Å²) in [6.07, 6.45) is 4.81. The molecule has 0 saturated carbocycles. The van der Waals surface area contributed by atoms with Crippen LogP contribution in [0.1, 0.15) is 32.6 Å². The smallest absolute Gasteiger partial charge is 0.000683 e. The van der Waals surface area contributed by atoms with Crippen LogP contribution in [0.5, 0.6) is 0 Å². The minimum Gasteiger partial charge on any atom is -0.330 e. The molecule has 3 heteroatoms. The summed E-state index contributed by atoms with van der Waals surface area (Å²) in [5.74, 6) is 0. The van der Waals surface area contributed by atoms with Crippen molar-refractivity contribution in [3.05, 3.63) is 0 Å². The lowest BCUT2D eigenvalue weighted by Gasteiger charge is -2.19. The maximum absolute atomic E-state index is 5.46. The molecule has 0 aliphatic heterocycles. The van der Waals surface area contributed by atoms with Crippen LogP contribution in [0.15, 0.2) is 0 Å². The van der Waals surface area contributed by atoms with Crippen LogP contribution in [0.3, 0.4) is 0 Å². The SMILES string of the molecule is CCN(CCCN)CCCCCN. The van der Waals surface area contributed by atoms with Crippen LogP contribution in [-0.4, -0.2) is 37.6 Å². The lowest BCUT2D eigenvalue weighted by atomic mass is 10.2. The Morgan fingerprint density at radius 2 is 1.46 bits per heavy atom. The van der Waals surface area contributed by atoms with Crippen LogP contribution >= 0.6 is 0 Å². The van der Waals surface area contributed by atoms with Crippen LogP contribution in [0.4, 0.5) is 0 Å².